The summed E-state index contributed by atoms with van der Waals surface area (Å²) in [6.07, 6.45) is -1.25. The number of alkyl halides is 3. The lowest BCUT2D eigenvalue weighted by molar-refractivity contribution is -0.141. The van der Waals surface area contributed by atoms with Gasteiger partial charge in [0.2, 0.25) is 5.91 Å². The number of hydrogen-bond acceptors (Lipinski definition) is 5. The molecule has 0 bridgehead atoms. The molecule has 0 saturated carbocycles. The predicted molar refractivity (Wildman–Crippen MR) is 133 cm³/mol. The van der Waals surface area contributed by atoms with Crippen LogP contribution in [0, 0.1) is 0 Å². The van der Waals surface area contributed by atoms with Crippen LogP contribution >= 0.6 is 0 Å². The summed E-state index contributed by atoms with van der Waals surface area (Å²) >= 11 is 0. The van der Waals surface area contributed by atoms with Gasteiger partial charge < -0.3 is 20.1 Å². The zero-order valence-corrected chi connectivity index (χ0v) is 20.6. The van der Waals surface area contributed by atoms with Crippen LogP contribution in [0.4, 0.5) is 18.9 Å². The molecule has 4 aromatic rings. The van der Waals surface area contributed by atoms with E-state index >= 15 is 0 Å². The fraction of sp³-hybridized carbons (Fsp3) is 0.231. The molecule has 1 aliphatic rings. The summed E-state index contributed by atoms with van der Waals surface area (Å²) in [6, 6.07) is 12.8. The SMILES string of the molecule is CN(C)Cc1nccn1-c1ccc(N2CCc3c(C(F)(F)F)nn(-c4cccc(C(N)=O)c4)c3C2=O)cc1. The fourth-order valence-electron chi connectivity index (χ4n) is 4.57. The Morgan fingerprint density at radius 3 is 2.45 bits per heavy atom. The zero-order chi connectivity index (χ0) is 27.2. The third kappa shape index (κ3) is 4.54. The van der Waals surface area contributed by atoms with Gasteiger partial charge in [-0.3, -0.25) is 9.59 Å². The Kier molecular flexibility index (Phi) is 6.27. The average Bonchev–Trinajstić information content (AvgIpc) is 3.49. The standard InChI is InChI=1S/C26H24F3N7O2/c1-33(2)15-21-31-11-13-34(21)17-6-8-18(9-7-17)35-12-10-20-22(25(35)38)36(32-23(20)26(27,28)29)19-5-3-4-16(14-19)24(30)37/h3-9,11,13-14H,10,12,15H2,1-2H3,(H2,30,37). The molecule has 2 aromatic carbocycles. The van der Waals surface area contributed by atoms with Crippen LogP contribution in [0.2, 0.25) is 0 Å². The van der Waals surface area contributed by atoms with E-state index in [2.05, 4.69) is 10.1 Å². The van der Waals surface area contributed by atoms with Crippen LogP contribution in [0.1, 0.15) is 37.9 Å². The molecule has 1 aliphatic heterocycles. The second-order valence-corrected chi connectivity index (χ2v) is 9.17. The first-order valence-electron chi connectivity index (χ1n) is 11.7. The van der Waals surface area contributed by atoms with Gasteiger partial charge >= 0.3 is 6.18 Å². The summed E-state index contributed by atoms with van der Waals surface area (Å²) in [6.45, 7) is 0.683. The topological polar surface area (TPSA) is 102 Å². The molecule has 196 valence electrons. The molecule has 0 atom stereocenters. The summed E-state index contributed by atoms with van der Waals surface area (Å²) in [5, 5.41) is 3.77. The van der Waals surface area contributed by atoms with Crippen LogP contribution in [-0.4, -0.2) is 56.7 Å². The molecule has 2 N–H and O–H groups in total. The highest BCUT2D eigenvalue weighted by molar-refractivity contribution is 6.07. The van der Waals surface area contributed by atoms with E-state index in [1.807, 2.05) is 41.9 Å². The lowest BCUT2D eigenvalue weighted by Crippen LogP contribution is -2.39. The van der Waals surface area contributed by atoms with E-state index in [0.717, 1.165) is 16.2 Å². The van der Waals surface area contributed by atoms with E-state index in [-0.39, 0.29) is 35.5 Å². The second kappa shape index (κ2) is 9.45. The van der Waals surface area contributed by atoms with Crippen molar-refractivity contribution < 1.29 is 22.8 Å². The van der Waals surface area contributed by atoms with Crippen molar-refractivity contribution in [1.29, 1.82) is 0 Å². The van der Waals surface area contributed by atoms with E-state index < -0.39 is 23.7 Å². The minimum Gasteiger partial charge on any atom is -0.366 e. The van der Waals surface area contributed by atoms with Crippen LogP contribution in [0.15, 0.2) is 60.9 Å². The molecule has 0 saturated heterocycles. The summed E-state index contributed by atoms with van der Waals surface area (Å²) in [7, 11) is 3.88. The highest BCUT2D eigenvalue weighted by Crippen LogP contribution is 2.37. The maximum atomic E-state index is 13.9. The van der Waals surface area contributed by atoms with Gasteiger partial charge in [-0.2, -0.15) is 18.3 Å². The molecule has 2 amide bonds. The fourth-order valence-corrected chi connectivity index (χ4v) is 4.57. The van der Waals surface area contributed by atoms with Crippen LogP contribution in [0.3, 0.4) is 0 Å². The highest BCUT2D eigenvalue weighted by atomic mass is 19.4. The molecule has 5 rings (SSSR count). The summed E-state index contributed by atoms with van der Waals surface area (Å²) < 4.78 is 44.5. The number of carbonyl (C=O) groups is 2. The van der Waals surface area contributed by atoms with Crippen molar-refractivity contribution in [2.45, 2.75) is 19.1 Å². The number of imidazole rings is 1. The minimum atomic E-state index is -4.75. The smallest absolute Gasteiger partial charge is 0.366 e. The molecule has 0 spiro atoms. The molecule has 38 heavy (non-hydrogen) atoms. The van der Waals surface area contributed by atoms with Crippen molar-refractivity contribution in [3.8, 4) is 11.4 Å². The molecule has 2 aromatic heterocycles. The van der Waals surface area contributed by atoms with Gasteiger partial charge in [0.15, 0.2) is 5.69 Å². The molecule has 0 aliphatic carbocycles. The summed E-state index contributed by atoms with van der Waals surface area (Å²) in [5.41, 5.74) is 5.44. The van der Waals surface area contributed by atoms with Gasteiger partial charge in [-0.1, -0.05) is 6.07 Å². The van der Waals surface area contributed by atoms with Crippen LogP contribution in [0.5, 0.6) is 0 Å². The number of carbonyl (C=O) groups excluding carboxylic acids is 2. The van der Waals surface area contributed by atoms with Gasteiger partial charge in [0.1, 0.15) is 11.5 Å². The molecular weight excluding hydrogens is 499 g/mol. The Balaban J connectivity index is 1.53. The largest absolute Gasteiger partial charge is 0.435 e. The Bertz CT molecular complexity index is 1520. The molecule has 0 unspecified atom stereocenters. The number of halogens is 3. The van der Waals surface area contributed by atoms with Crippen molar-refractivity contribution in [2.24, 2.45) is 5.73 Å². The highest BCUT2D eigenvalue weighted by Gasteiger charge is 2.43. The second-order valence-electron chi connectivity index (χ2n) is 9.17. The van der Waals surface area contributed by atoms with Crippen molar-refractivity contribution in [1.82, 2.24) is 24.2 Å². The number of hydrogen-bond donors (Lipinski definition) is 1. The Morgan fingerprint density at radius 1 is 1.08 bits per heavy atom. The third-order valence-corrected chi connectivity index (χ3v) is 6.27. The molecule has 12 heteroatoms. The van der Waals surface area contributed by atoms with Gasteiger partial charge in [0.25, 0.3) is 5.91 Å². The van der Waals surface area contributed by atoms with Gasteiger partial charge in [-0.15, -0.1) is 0 Å². The minimum absolute atomic E-state index is 0.0400. The quantitative estimate of drug-likeness (QED) is 0.417. The number of primary amides is 1. The maximum absolute atomic E-state index is 13.9. The van der Waals surface area contributed by atoms with Crippen molar-refractivity contribution >= 4 is 17.5 Å². The number of amides is 2. The van der Waals surface area contributed by atoms with Crippen LogP contribution in [0.25, 0.3) is 11.4 Å². The first-order valence-corrected chi connectivity index (χ1v) is 11.7. The number of fused-ring (bicyclic) bond motifs is 1. The Hall–Kier alpha value is -4.45. The van der Waals surface area contributed by atoms with E-state index in [4.69, 9.17) is 5.73 Å². The number of benzene rings is 2. The molecule has 0 radical (unpaired) electrons. The average molecular weight is 524 g/mol. The molecular formula is C26H24F3N7O2. The maximum Gasteiger partial charge on any atom is 0.435 e. The van der Waals surface area contributed by atoms with E-state index in [1.54, 1.807) is 18.3 Å². The third-order valence-electron chi connectivity index (χ3n) is 6.27. The lowest BCUT2D eigenvalue weighted by Gasteiger charge is -2.28. The van der Waals surface area contributed by atoms with Gasteiger partial charge in [0.05, 0.1) is 12.2 Å². The zero-order valence-electron chi connectivity index (χ0n) is 20.6. The van der Waals surface area contributed by atoms with E-state index in [1.165, 1.54) is 29.2 Å². The van der Waals surface area contributed by atoms with Gasteiger partial charge in [0, 0.05) is 41.4 Å². The van der Waals surface area contributed by atoms with E-state index in [9.17, 15) is 22.8 Å². The molecule has 0 fully saturated rings. The lowest BCUT2D eigenvalue weighted by atomic mass is 10.0. The molecule has 9 nitrogen and oxygen atoms in total. The number of anilines is 1. The normalized spacial score (nSPS) is 13.7. The first kappa shape index (κ1) is 25.2. The Morgan fingerprint density at radius 2 is 1.79 bits per heavy atom. The summed E-state index contributed by atoms with van der Waals surface area (Å²) in [5.74, 6) is -0.533. The van der Waals surface area contributed by atoms with Crippen molar-refractivity contribution in [3.63, 3.8) is 0 Å². The summed E-state index contributed by atoms with van der Waals surface area (Å²) in [4.78, 5) is 33.1. The number of aromatic nitrogens is 4. The number of rotatable bonds is 6. The van der Waals surface area contributed by atoms with Crippen molar-refractivity contribution in [3.05, 3.63) is 89.3 Å². The van der Waals surface area contributed by atoms with Gasteiger partial charge in [-0.25, -0.2) is 9.67 Å². The predicted octanol–water partition coefficient (Wildman–Crippen LogP) is 3.44. The van der Waals surface area contributed by atoms with Crippen LogP contribution in [-0.2, 0) is 19.1 Å². The monoisotopic (exact) mass is 523 g/mol. The molecule has 3 heterocycles. The van der Waals surface area contributed by atoms with Crippen molar-refractivity contribution in [2.75, 3.05) is 25.5 Å². The Labute approximate surface area is 215 Å². The first-order chi connectivity index (χ1) is 18.0. The van der Waals surface area contributed by atoms with E-state index in [0.29, 0.717) is 12.2 Å². The van der Waals surface area contributed by atoms with Crippen LogP contribution < -0.4 is 10.6 Å². The number of nitrogens with two attached hydrogens (primary N) is 1. The van der Waals surface area contributed by atoms with Gasteiger partial charge in [-0.05, 0) is 63.0 Å². The number of nitrogens with zero attached hydrogens (tertiary/aromatic N) is 6.